The van der Waals surface area contributed by atoms with Crippen molar-refractivity contribution in [3.05, 3.63) is 68.6 Å². The first-order valence-electron chi connectivity index (χ1n) is 16.7. The third-order valence-corrected chi connectivity index (χ3v) is 11.9. The van der Waals surface area contributed by atoms with Gasteiger partial charge in [-0.2, -0.15) is 4.98 Å². The third-order valence-electron chi connectivity index (χ3n) is 11.6. The Labute approximate surface area is 264 Å². The molecule has 6 fully saturated rings. The van der Waals surface area contributed by atoms with Gasteiger partial charge in [0, 0.05) is 52.0 Å². The summed E-state index contributed by atoms with van der Waals surface area (Å²) in [6.07, 6.45) is 13.5. The van der Waals surface area contributed by atoms with E-state index in [1.807, 2.05) is 0 Å². The molecule has 3 aromatic heterocycles. The van der Waals surface area contributed by atoms with Gasteiger partial charge >= 0.3 is 5.69 Å². The number of piperidine rings is 1. The average Bonchev–Trinajstić information content (AvgIpc) is 3.87. The Morgan fingerprint density at radius 1 is 0.889 bits per heavy atom. The van der Waals surface area contributed by atoms with E-state index in [1.165, 1.54) is 23.5 Å². The second kappa shape index (κ2) is 9.55. The summed E-state index contributed by atoms with van der Waals surface area (Å²) >= 11 is 6.66. The number of halogens is 2. The first-order chi connectivity index (χ1) is 21.9. The first-order valence-corrected chi connectivity index (χ1v) is 17.1. The highest BCUT2D eigenvalue weighted by molar-refractivity contribution is 6.32. The molecule has 2 bridgehead atoms. The molecule has 0 amide bonds. The Morgan fingerprint density at radius 3 is 2.33 bits per heavy atom. The van der Waals surface area contributed by atoms with E-state index in [1.54, 1.807) is 18.6 Å². The lowest BCUT2D eigenvalue weighted by molar-refractivity contribution is 0.0529. The molecule has 4 saturated carbocycles. The molecule has 6 aliphatic rings. The van der Waals surface area contributed by atoms with Crippen molar-refractivity contribution in [1.82, 2.24) is 29.8 Å². The van der Waals surface area contributed by atoms with Crippen molar-refractivity contribution >= 4 is 22.5 Å². The zero-order valence-corrected chi connectivity index (χ0v) is 25.6. The highest BCUT2D eigenvalue weighted by Gasteiger charge is 2.53. The molecule has 2 N–H and O–H groups in total. The van der Waals surface area contributed by atoms with Gasteiger partial charge in [0.25, 0.3) is 0 Å². The standard InChI is InChI=1S/C35H34ClFN6O2/c36-25-11-19(44)10-23(27(25)15-1-2-15)32-28(37)33-24(13-38-32)31(22-12-21-20(22)9-18-7-8-26(21)41-18)42-35(45)43(33)34-29(16-3-4-16)39-14-40-30(34)17-5-6-17/h10-11,13-18,20-22,26,41,44H,1-9,12H2/t18?,20-,21?,22?,26?/m0/s1. The lowest BCUT2D eigenvalue weighted by atomic mass is 9.58. The van der Waals surface area contributed by atoms with Crippen LogP contribution in [0.1, 0.15) is 111 Å². The number of phenolic OH excluding ortho intramolecular Hbond substituents is 1. The zero-order valence-electron chi connectivity index (χ0n) is 24.8. The van der Waals surface area contributed by atoms with E-state index in [2.05, 4.69) is 15.3 Å². The number of fused-ring (bicyclic) bond motifs is 5. The van der Waals surface area contributed by atoms with Crippen LogP contribution in [0.5, 0.6) is 5.75 Å². The van der Waals surface area contributed by atoms with Crippen LogP contribution in [0.3, 0.4) is 0 Å². The van der Waals surface area contributed by atoms with Crippen LogP contribution in [-0.2, 0) is 0 Å². The Hall–Kier alpha value is -3.43. The summed E-state index contributed by atoms with van der Waals surface area (Å²) in [4.78, 5) is 33.3. The second-order valence-electron chi connectivity index (χ2n) is 14.5. The number of rotatable bonds is 6. The highest BCUT2D eigenvalue weighted by atomic mass is 35.5. The van der Waals surface area contributed by atoms with Crippen molar-refractivity contribution in [2.24, 2.45) is 11.8 Å². The minimum Gasteiger partial charge on any atom is -0.508 e. The Bertz CT molecular complexity index is 1960. The summed E-state index contributed by atoms with van der Waals surface area (Å²) in [6, 6.07) is 4.10. The van der Waals surface area contributed by atoms with Gasteiger partial charge in [-0.25, -0.2) is 19.2 Å². The molecule has 4 unspecified atom stereocenters. The maximum absolute atomic E-state index is 17.5. The van der Waals surface area contributed by atoms with Gasteiger partial charge < -0.3 is 10.4 Å². The molecule has 4 aromatic rings. The van der Waals surface area contributed by atoms with E-state index in [0.717, 1.165) is 68.3 Å². The van der Waals surface area contributed by atoms with Gasteiger partial charge in [0.05, 0.1) is 28.3 Å². The van der Waals surface area contributed by atoms with Gasteiger partial charge in [-0.1, -0.05) is 11.6 Å². The Kier molecular flexibility index (Phi) is 5.68. The third kappa shape index (κ3) is 4.08. The maximum atomic E-state index is 17.5. The number of nitrogens with zero attached hydrogens (tertiary/aromatic N) is 5. The van der Waals surface area contributed by atoms with Gasteiger partial charge in [-0.15, -0.1) is 0 Å². The molecule has 2 aliphatic heterocycles. The van der Waals surface area contributed by atoms with Crippen LogP contribution in [0.15, 0.2) is 29.5 Å². The number of benzene rings is 1. The topological polar surface area (TPSA) is 106 Å². The molecule has 10 rings (SSSR count). The predicted octanol–water partition coefficient (Wildman–Crippen LogP) is 6.61. The predicted molar refractivity (Wildman–Crippen MR) is 168 cm³/mol. The normalized spacial score (nSPS) is 28.7. The van der Waals surface area contributed by atoms with Crippen LogP contribution < -0.4 is 11.0 Å². The van der Waals surface area contributed by atoms with Gasteiger partial charge in [-0.05, 0) is 99.7 Å². The number of aromatic nitrogens is 5. The molecule has 5 atom stereocenters. The molecule has 0 spiro atoms. The fourth-order valence-electron chi connectivity index (χ4n) is 8.97. The number of pyridine rings is 1. The van der Waals surface area contributed by atoms with Crippen molar-refractivity contribution in [2.75, 3.05) is 0 Å². The van der Waals surface area contributed by atoms with Crippen molar-refractivity contribution in [1.29, 1.82) is 0 Å². The van der Waals surface area contributed by atoms with Crippen molar-refractivity contribution in [2.45, 2.75) is 100.0 Å². The van der Waals surface area contributed by atoms with E-state index in [-0.39, 0.29) is 40.6 Å². The largest absolute Gasteiger partial charge is 0.508 e. The molecule has 2 saturated heterocycles. The van der Waals surface area contributed by atoms with Crippen LogP contribution in [-0.4, -0.2) is 41.7 Å². The lowest BCUT2D eigenvalue weighted by Gasteiger charge is -2.51. The molecule has 4 aliphatic carbocycles. The number of hydrogen-bond acceptors (Lipinski definition) is 7. The van der Waals surface area contributed by atoms with Gasteiger partial charge in [0.2, 0.25) is 0 Å². The minimum atomic E-state index is -0.592. The summed E-state index contributed by atoms with van der Waals surface area (Å²) < 4.78 is 19.0. The molecular formula is C35H34ClFN6O2. The molecule has 230 valence electrons. The molecule has 10 heteroatoms. The fraction of sp³-hybridized carbons (Fsp3) is 0.514. The van der Waals surface area contributed by atoms with Crippen LogP contribution in [0.4, 0.5) is 4.39 Å². The van der Waals surface area contributed by atoms with Crippen LogP contribution in [0, 0.1) is 17.7 Å². The van der Waals surface area contributed by atoms with Crippen LogP contribution in [0.2, 0.25) is 5.02 Å². The first kappa shape index (κ1) is 26.8. The molecule has 1 aromatic carbocycles. The van der Waals surface area contributed by atoms with Crippen molar-refractivity contribution < 1.29 is 9.50 Å². The Balaban J connectivity index is 1.24. The fourth-order valence-corrected chi connectivity index (χ4v) is 9.34. The highest BCUT2D eigenvalue weighted by Crippen LogP contribution is 2.57. The monoisotopic (exact) mass is 624 g/mol. The molecule has 5 heterocycles. The number of nitrogens with one attached hydrogen (secondary N) is 1. The van der Waals surface area contributed by atoms with E-state index >= 15 is 4.39 Å². The van der Waals surface area contributed by atoms with Gasteiger partial charge in [0.1, 0.15) is 17.8 Å². The molecular weight excluding hydrogens is 591 g/mol. The summed E-state index contributed by atoms with van der Waals surface area (Å²) in [5, 5.41) is 15.3. The number of phenols is 1. The number of hydrogen-bond donors (Lipinski definition) is 2. The lowest BCUT2D eigenvalue weighted by Crippen LogP contribution is -2.53. The second-order valence-corrected chi connectivity index (χ2v) is 14.9. The van der Waals surface area contributed by atoms with E-state index in [9.17, 15) is 9.90 Å². The quantitative estimate of drug-likeness (QED) is 0.249. The van der Waals surface area contributed by atoms with E-state index < -0.39 is 11.5 Å². The van der Waals surface area contributed by atoms with E-state index in [4.69, 9.17) is 21.6 Å². The summed E-state index contributed by atoms with van der Waals surface area (Å²) in [7, 11) is 0. The molecule has 45 heavy (non-hydrogen) atoms. The Morgan fingerprint density at radius 2 is 1.62 bits per heavy atom. The summed E-state index contributed by atoms with van der Waals surface area (Å²) in [6.45, 7) is 0. The minimum absolute atomic E-state index is 0.0435. The van der Waals surface area contributed by atoms with Crippen LogP contribution >= 0.6 is 11.6 Å². The van der Waals surface area contributed by atoms with Crippen LogP contribution in [0.25, 0.3) is 27.8 Å². The molecule has 0 radical (unpaired) electrons. The SMILES string of the molecule is O=c1nc(C2CC3C4CCC(C[C@H]23)N4)c2cnc(-c3cc(O)cc(Cl)c3C3CC3)c(F)c2n1-c1c(C2CC2)ncnc1C1CC1. The smallest absolute Gasteiger partial charge is 0.353 e. The van der Waals surface area contributed by atoms with Crippen molar-refractivity contribution in [3.63, 3.8) is 0 Å². The van der Waals surface area contributed by atoms with Crippen molar-refractivity contribution in [3.8, 4) is 22.7 Å². The summed E-state index contributed by atoms with van der Waals surface area (Å²) in [5.41, 5.74) is 3.97. The van der Waals surface area contributed by atoms with Gasteiger partial charge in [0.15, 0.2) is 5.82 Å². The number of aromatic hydroxyl groups is 1. The zero-order chi connectivity index (χ0) is 30.1. The van der Waals surface area contributed by atoms with Gasteiger partial charge in [-0.3, -0.25) is 9.55 Å². The molecule has 8 nitrogen and oxygen atoms in total. The summed E-state index contributed by atoms with van der Waals surface area (Å²) in [5.74, 6) is 1.06. The van der Waals surface area contributed by atoms with E-state index in [0.29, 0.717) is 51.3 Å². The average molecular weight is 625 g/mol. The maximum Gasteiger partial charge on any atom is 0.353 e.